The van der Waals surface area contributed by atoms with Crippen LogP contribution in [-0.4, -0.2) is 35.0 Å². The fourth-order valence-corrected chi connectivity index (χ4v) is 2.48. The molecule has 1 aromatic carbocycles. The van der Waals surface area contributed by atoms with Crippen molar-refractivity contribution in [3.05, 3.63) is 18.2 Å². The van der Waals surface area contributed by atoms with E-state index in [0.29, 0.717) is 19.0 Å². The van der Waals surface area contributed by atoms with Gasteiger partial charge in [0.1, 0.15) is 5.75 Å². The second-order valence-corrected chi connectivity index (χ2v) is 6.25. The summed E-state index contributed by atoms with van der Waals surface area (Å²) in [5.74, 6) is 0.792. The van der Waals surface area contributed by atoms with Crippen molar-refractivity contribution in [1.29, 1.82) is 0 Å². The second-order valence-electron chi connectivity index (χ2n) is 6.25. The normalized spacial score (nSPS) is 11.1. The van der Waals surface area contributed by atoms with Gasteiger partial charge in [0.15, 0.2) is 0 Å². The molecule has 5 nitrogen and oxygen atoms in total. The molecular formula is C18H32BNaO5. The maximum atomic E-state index is 9.61. The summed E-state index contributed by atoms with van der Waals surface area (Å²) >= 11 is 0. The molecule has 0 heterocycles. The van der Waals surface area contributed by atoms with Gasteiger partial charge in [-0.3, -0.25) is 0 Å². The molecule has 0 saturated carbocycles. The second kappa shape index (κ2) is 13.9. The SMILES string of the molecule is CCCCCCOc1ccc(OCCCCCC)c([B-](O)(O)O)c1.[Na+]. The molecule has 0 fully saturated rings. The van der Waals surface area contributed by atoms with Gasteiger partial charge in [-0.2, -0.15) is 0 Å². The summed E-state index contributed by atoms with van der Waals surface area (Å²) in [5, 5.41) is 28.8. The quantitative estimate of drug-likeness (QED) is 0.333. The van der Waals surface area contributed by atoms with Crippen molar-refractivity contribution in [2.24, 2.45) is 0 Å². The predicted molar refractivity (Wildman–Crippen MR) is 97.8 cm³/mol. The third kappa shape index (κ3) is 10.5. The summed E-state index contributed by atoms with van der Waals surface area (Å²) in [6, 6.07) is 4.80. The maximum Gasteiger partial charge on any atom is 1.00 e. The Morgan fingerprint density at radius 2 is 1.36 bits per heavy atom. The molecule has 3 N–H and O–H groups in total. The molecule has 0 bridgehead atoms. The molecule has 0 unspecified atom stereocenters. The van der Waals surface area contributed by atoms with E-state index in [4.69, 9.17) is 9.47 Å². The zero-order valence-electron chi connectivity index (χ0n) is 16.0. The maximum absolute atomic E-state index is 9.61. The monoisotopic (exact) mass is 362 g/mol. The molecule has 0 aromatic heterocycles. The van der Waals surface area contributed by atoms with Crippen LogP contribution in [0.25, 0.3) is 0 Å². The Hall–Kier alpha value is -0.235. The standard InChI is InChI=1S/C18H32BO5.Na/c1-3-5-7-9-13-23-16-11-12-18(17(15-16)19(20,21)22)24-14-10-8-6-4-2;/h11-12,15,20-22H,3-10,13-14H2,1-2H3;/q-1;+1. The molecule has 0 atom stereocenters. The Bertz CT molecular complexity index is 465. The Morgan fingerprint density at radius 3 is 1.88 bits per heavy atom. The van der Waals surface area contributed by atoms with Gasteiger partial charge in [-0.15, -0.1) is 0 Å². The number of benzene rings is 1. The van der Waals surface area contributed by atoms with Gasteiger partial charge >= 0.3 is 36.3 Å². The van der Waals surface area contributed by atoms with Gasteiger partial charge < -0.3 is 24.5 Å². The number of unbranched alkanes of at least 4 members (excludes halogenated alkanes) is 6. The summed E-state index contributed by atoms with van der Waals surface area (Å²) in [4.78, 5) is 0. The first-order valence-electron chi connectivity index (χ1n) is 9.20. The number of hydrogen-bond acceptors (Lipinski definition) is 5. The van der Waals surface area contributed by atoms with Crippen LogP contribution in [0.15, 0.2) is 18.2 Å². The largest absolute Gasteiger partial charge is 1.00 e. The first-order chi connectivity index (χ1) is 11.5. The van der Waals surface area contributed by atoms with E-state index in [2.05, 4.69) is 13.8 Å². The molecular weight excluding hydrogens is 330 g/mol. The van der Waals surface area contributed by atoms with E-state index in [9.17, 15) is 15.1 Å². The molecule has 0 aliphatic carbocycles. The van der Waals surface area contributed by atoms with E-state index >= 15 is 0 Å². The van der Waals surface area contributed by atoms with Crippen molar-refractivity contribution in [3.8, 4) is 11.5 Å². The molecule has 25 heavy (non-hydrogen) atoms. The minimum Gasteiger partial charge on any atom is -0.556 e. The minimum atomic E-state index is -3.62. The van der Waals surface area contributed by atoms with E-state index in [1.165, 1.54) is 18.9 Å². The van der Waals surface area contributed by atoms with Crippen LogP contribution in [0, 0.1) is 0 Å². The molecule has 0 spiro atoms. The Morgan fingerprint density at radius 1 is 0.800 bits per heavy atom. The first-order valence-corrected chi connectivity index (χ1v) is 9.20. The topological polar surface area (TPSA) is 79.2 Å². The third-order valence-electron chi connectivity index (χ3n) is 3.92. The van der Waals surface area contributed by atoms with Crippen LogP contribution >= 0.6 is 0 Å². The minimum absolute atomic E-state index is 0. The molecule has 138 valence electrons. The Kier molecular flexibility index (Phi) is 13.8. The van der Waals surface area contributed by atoms with Crippen LogP contribution < -0.4 is 44.5 Å². The van der Waals surface area contributed by atoms with E-state index in [-0.39, 0.29) is 40.8 Å². The van der Waals surface area contributed by atoms with Gasteiger partial charge in [0.05, 0.1) is 19.0 Å². The summed E-state index contributed by atoms with van der Waals surface area (Å²) in [7, 11) is 0. The third-order valence-corrected chi connectivity index (χ3v) is 3.92. The molecule has 0 aliphatic heterocycles. The average molecular weight is 362 g/mol. The molecule has 1 aromatic rings. The van der Waals surface area contributed by atoms with Crippen LogP contribution in [0.2, 0.25) is 0 Å². The van der Waals surface area contributed by atoms with Crippen LogP contribution in [0.1, 0.15) is 65.2 Å². The van der Waals surface area contributed by atoms with Crippen molar-refractivity contribution >= 4 is 12.2 Å². The van der Waals surface area contributed by atoms with Crippen LogP contribution in [0.3, 0.4) is 0 Å². The van der Waals surface area contributed by atoms with Crippen molar-refractivity contribution in [2.75, 3.05) is 13.2 Å². The number of rotatable bonds is 13. The van der Waals surface area contributed by atoms with Gasteiger partial charge in [0, 0.05) is 0 Å². The van der Waals surface area contributed by atoms with Crippen molar-refractivity contribution in [3.63, 3.8) is 0 Å². The Labute approximate surface area is 174 Å². The van der Waals surface area contributed by atoms with E-state index in [0.717, 1.165) is 38.5 Å². The molecule has 0 radical (unpaired) electrons. The molecule has 7 heteroatoms. The zero-order valence-corrected chi connectivity index (χ0v) is 18.0. The fourth-order valence-electron chi connectivity index (χ4n) is 2.48. The number of hydrogen-bond donors (Lipinski definition) is 3. The van der Waals surface area contributed by atoms with Gasteiger partial charge in [0.25, 0.3) is 0 Å². The van der Waals surface area contributed by atoms with Gasteiger partial charge in [-0.1, -0.05) is 57.8 Å². The van der Waals surface area contributed by atoms with Crippen molar-refractivity contribution in [1.82, 2.24) is 0 Å². The van der Waals surface area contributed by atoms with Crippen molar-refractivity contribution in [2.45, 2.75) is 65.2 Å². The molecule has 0 saturated heterocycles. The molecule has 1 rings (SSSR count). The Balaban J connectivity index is 0.00000576. The van der Waals surface area contributed by atoms with Gasteiger partial charge in [0.2, 0.25) is 0 Å². The van der Waals surface area contributed by atoms with Crippen LogP contribution in [-0.2, 0) is 0 Å². The van der Waals surface area contributed by atoms with E-state index in [1.54, 1.807) is 12.1 Å². The number of ether oxygens (including phenoxy) is 2. The first kappa shape index (κ1) is 24.8. The van der Waals surface area contributed by atoms with Crippen LogP contribution in [0.4, 0.5) is 0 Å². The molecule has 0 amide bonds. The zero-order chi connectivity index (χ0) is 17.8. The predicted octanol–water partition coefficient (Wildman–Crippen LogP) is -0.268. The van der Waals surface area contributed by atoms with E-state index < -0.39 is 6.75 Å². The molecule has 0 aliphatic rings. The summed E-state index contributed by atoms with van der Waals surface area (Å²) in [6.07, 6.45) is 8.65. The summed E-state index contributed by atoms with van der Waals surface area (Å²) in [6.45, 7) is 1.72. The van der Waals surface area contributed by atoms with Gasteiger partial charge in [-0.25, -0.2) is 0 Å². The van der Waals surface area contributed by atoms with Crippen molar-refractivity contribution < 1.29 is 54.1 Å². The van der Waals surface area contributed by atoms with Gasteiger partial charge in [-0.05, 0) is 31.0 Å². The summed E-state index contributed by atoms with van der Waals surface area (Å²) in [5.41, 5.74) is -0.0310. The van der Waals surface area contributed by atoms with E-state index in [1.807, 2.05) is 0 Å². The smallest absolute Gasteiger partial charge is 0.556 e. The fraction of sp³-hybridized carbons (Fsp3) is 0.667. The summed E-state index contributed by atoms with van der Waals surface area (Å²) < 4.78 is 11.2. The average Bonchev–Trinajstić information content (AvgIpc) is 2.54. The van der Waals surface area contributed by atoms with Crippen LogP contribution in [0.5, 0.6) is 11.5 Å².